The molecule has 1 aromatic carbocycles. The Balaban J connectivity index is 0.00000225. The molecule has 2 amide bonds. The van der Waals surface area contributed by atoms with Crippen LogP contribution in [0.5, 0.6) is 0 Å². The molecule has 0 saturated carbocycles. The van der Waals surface area contributed by atoms with Crippen molar-refractivity contribution in [3.05, 3.63) is 33.8 Å². The first-order chi connectivity index (χ1) is 11.4. The van der Waals surface area contributed by atoms with Gasteiger partial charge in [0, 0.05) is 30.7 Å². The molecule has 0 aromatic heterocycles. The smallest absolute Gasteiger partial charge is 0.251 e. The Kier molecular flexibility index (Phi) is 6.97. The standard InChI is InChI=1S/C17H21Cl2N3O2.ClH/c1-22(13-7-11-3-4-12(8-13)21-11)16(23)9-20-17(24)10-2-5-14(18)15(19)6-10;/h2,5-6,11-13,21H,3-4,7-9H2,1H3,(H,20,24);1H. The molecule has 1 aromatic rings. The maximum atomic E-state index is 12.4. The van der Waals surface area contributed by atoms with Gasteiger partial charge in [-0.2, -0.15) is 0 Å². The van der Waals surface area contributed by atoms with Gasteiger partial charge >= 0.3 is 0 Å². The molecule has 2 bridgehead atoms. The molecule has 2 aliphatic heterocycles. The number of hydrogen-bond donors (Lipinski definition) is 2. The van der Waals surface area contributed by atoms with E-state index in [1.54, 1.807) is 17.0 Å². The first-order valence-electron chi connectivity index (χ1n) is 8.19. The fourth-order valence-electron chi connectivity index (χ4n) is 3.57. The lowest BCUT2D eigenvalue weighted by molar-refractivity contribution is -0.131. The third-order valence-electron chi connectivity index (χ3n) is 4.97. The molecule has 8 heteroatoms. The summed E-state index contributed by atoms with van der Waals surface area (Å²) in [6.45, 7) is -0.0190. The minimum absolute atomic E-state index is 0. The summed E-state index contributed by atoms with van der Waals surface area (Å²) in [5.74, 6) is -0.407. The predicted molar refractivity (Wildman–Crippen MR) is 102 cm³/mol. The topological polar surface area (TPSA) is 61.4 Å². The maximum absolute atomic E-state index is 12.4. The minimum Gasteiger partial charge on any atom is -0.343 e. The van der Waals surface area contributed by atoms with Crippen LogP contribution in [0.15, 0.2) is 18.2 Å². The van der Waals surface area contributed by atoms with Gasteiger partial charge in [0.1, 0.15) is 0 Å². The number of carbonyl (C=O) groups is 2. The molecule has 3 rings (SSSR count). The quantitative estimate of drug-likeness (QED) is 0.808. The van der Waals surface area contributed by atoms with E-state index in [2.05, 4.69) is 10.6 Å². The van der Waals surface area contributed by atoms with Gasteiger partial charge in [-0.1, -0.05) is 23.2 Å². The molecule has 0 aliphatic carbocycles. The molecule has 2 saturated heterocycles. The Morgan fingerprint density at radius 2 is 1.84 bits per heavy atom. The van der Waals surface area contributed by atoms with Crippen molar-refractivity contribution >= 4 is 47.4 Å². The molecule has 5 nitrogen and oxygen atoms in total. The lowest BCUT2D eigenvalue weighted by Crippen LogP contribution is -2.50. The van der Waals surface area contributed by atoms with Crippen molar-refractivity contribution in [2.24, 2.45) is 0 Å². The van der Waals surface area contributed by atoms with E-state index in [0.29, 0.717) is 27.7 Å². The number of halogens is 3. The van der Waals surface area contributed by atoms with Gasteiger partial charge in [0.05, 0.1) is 16.6 Å². The molecule has 2 heterocycles. The minimum atomic E-state index is -0.333. The summed E-state index contributed by atoms with van der Waals surface area (Å²) in [7, 11) is 1.82. The van der Waals surface area contributed by atoms with Gasteiger partial charge in [-0.25, -0.2) is 0 Å². The number of amides is 2. The van der Waals surface area contributed by atoms with Gasteiger partial charge in [0.15, 0.2) is 0 Å². The van der Waals surface area contributed by atoms with Crippen LogP contribution in [0.3, 0.4) is 0 Å². The van der Waals surface area contributed by atoms with E-state index in [-0.39, 0.29) is 36.8 Å². The van der Waals surface area contributed by atoms with Crippen molar-refractivity contribution in [1.29, 1.82) is 0 Å². The van der Waals surface area contributed by atoms with Crippen LogP contribution in [0.4, 0.5) is 0 Å². The number of benzene rings is 1. The first kappa shape index (κ1) is 20.3. The van der Waals surface area contributed by atoms with Crippen molar-refractivity contribution in [3.8, 4) is 0 Å². The van der Waals surface area contributed by atoms with Gasteiger partial charge in [-0.3, -0.25) is 9.59 Å². The van der Waals surface area contributed by atoms with E-state index >= 15 is 0 Å². The Bertz CT molecular complexity index is 644. The average molecular weight is 407 g/mol. The lowest BCUT2D eigenvalue weighted by Gasteiger charge is -2.35. The van der Waals surface area contributed by atoms with Crippen LogP contribution < -0.4 is 10.6 Å². The van der Waals surface area contributed by atoms with E-state index in [9.17, 15) is 9.59 Å². The number of nitrogens with one attached hydrogen (secondary N) is 2. The Morgan fingerprint density at radius 1 is 1.20 bits per heavy atom. The van der Waals surface area contributed by atoms with E-state index in [1.165, 1.54) is 18.9 Å². The van der Waals surface area contributed by atoms with Crippen LogP contribution in [0.2, 0.25) is 10.0 Å². The second kappa shape index (κ2) is 8.58. The molecule has 25 heavy (non-hydrogen) atoms. The number of hydrogen-bond acceptors (Lipinski definition) is 3. The Labute approximate surface area is 163 Å². The highest BCUT2D eigenvalue weighted by Gasteiger charge is 2.36. The largest absolute Gasteiger partial charge is 0.343 e. The maximum Gasteiger partial charge on any atom is 0.251 e. The fourth-order valence-corrected chi connectivity index (χ4v) is 3.87. The monoisotopic (exact) mass is 405 g/mol. The van der Waals surface area contributed by atoms with E-state index in [0.717, 1.165) is 12.8 Å². The second-order valence-electron chi connectivity index (χ2n) is 6.58. The van der Waals surface area contributed by atoms with Gasteiger partial charge in [-0.05, 0) is 43.9 Å². The van der Waals surface area contributed by atoms with Crippen LogP contribution >= 0.6 is 35.6 Å². The van der Waals surface area contributed by atoms with E-state index in [4.69, 9.17) is 23.2 Å². The summed E-state index contributed by atoms with van der Waals surface area (Å²) in [5, 5.41) is 6.93. The molecule has 0 spiro atoms. The highest BCUT2D eigenvalue weighted by atomic mass is 35.5. The summed E-state index contributed by atoms with van der Waals surface area (Å²) in [5.41, 5.74) is 0.389. The van der Waals surface area contributed by atoms with Gasteiger partial charge in [0.2, 0.25) is 5.91 Å². The average Bonchev–Trinajstić information content (AvgIpc) is 2.92. The summed E-state index contributed by atoms with van der Waals surface area (Å²) < 4.78 is 0. The van der Waals surface area contributed by atoms with Crippen LogP contribution in [-0.2, 0) is 4.79 Å². The van der Waals surface area contributed by atoms with Gasteiger partial charge < -0.3 is 15.5 Å². The molecule has 2 aliphatic rings. The highest BCUT2D eigenvalue weighted by Crippen LogP contribution is 2.29. The third-order valence-corrected chi connectivity index (χ3v) is 5.71. The van der Waals surface area contributed by atoms with Gasteiger partial charge in [-0.15, -0.1) is 12.4 Å². The summed E-state index contributed by atoms with van der Waals surface area (Å²) >= 11 is 11.8. The molecule has 2 unspecified atom stereocenters. The van der Waals surface area contributed by atoms with Crippen LogP contribution in [-0.4, -0.2) is 48.4 Å². The zero-order chi connectivity index (χ0) is 17.3. The number of rotatable bonds is 4. The lowest BCUT2D eigenvalue weighted by atomic mass is 9.98. The normalized spacial score (nSPS) is 24.4. The number of nitrogens with zero attached hydrogens (tertiary/aromatic N) is 1. The Morgan fingerprint density at radius 3 is 2.44 bits per heavy atom. The molecular formula is C17H22Cl3N3O2. The predicted octanol–water partition coefficient (Wildman–Crippen LogP) is 2.89. The molecule has 2 fully saturated rings. The molecule has 138 valence electrons. The highest BCUT2D eigenvalue weighted by molar-refractivity contribution is 6.42. The van der Waals surface area contributed by atoms with Crippen LogP contribution in [0, 0.1) is 0 Å². The van der Waals surface area contributed by atoms with Crippen molar-refractivity contribution in [2.45, 2.75) is 43.8 Å². The summed E-state index contributed by atoms with van der Waals surface area (Å²) in [6, 6.07) is 5.94. The van der Waals surface area contributed by atoms with E-state index < -0.39 is 0 Å². The molecule has 2 N–H and O–H groups in total. The number of piperidine rings is 1. The zero-order valence-corrected chi connectivity index (χ0v) is 16.3. The molecule has 0 radical (unpaired) electrons. The van der Waals surface area contributed by atoms with Crippen LogP contribution in [0.1, 0.15) is 36.0 Å². The number of likely N-dealkylation sites (N-methyl/N-ethyl adjacent to an activating group) is 1. The van der Waals surface area contributed by atoms with Crippen molar-refractivity contribution < 1.29 is 9.59 Å². The first-order valence-corrected chi connectivity index (χ1v) is 8.94. The molecular weight excluding hydrogens is 385 g/mol. The van der Waals surface area contributed by atoms with Crippen molar-refractivity contribution in [3.63, 3.8) is 0 Å². The molecule has 2 atom stereocenters. The summed E-state index contributed by atoms with van der Waals surface area (Å²) in [4.78, 5) is 26.3. The zero-order valence-electron chi connectivity index (χ0n) is 13.9. The third kappa shape index (κ3) is 4.79. The SMILES string of the molecule is CN(C(=O)CNC(=O)c1ccc(Cl)c(Cl)c1)C1CC2CCC(C1)N2.Cl. The van der Waals surface area contributed by atoms with Crippen molar-refractivity contribution in [1.82, 2.24) is 15.5 Å². The van der Waals surface area contributed by atoms with Crippen LogP contribution in [0.25, 0.3) is 0 Å². The number of fused-ring (bicyclic) bond motifs is 2. The second-order valence-corrected chi connectivity index (χ2v) is 7.39. The summed E-state index contributed by atoms with van der Waals surface area (Å²) in [6.07, 6.45) is 4.35. The Hall–Kier alpha value is -1.01. The van der Waals surface area contributed by atoms with Gasteiger partial charge in [0.25, 0.3) is 5.91 Å². The van der Waals surface area contributed by atoms with E-state index in [1.807, 2.05) is 7.05 Å². The van der Waals surface area contributed by atoms with Crippen molar-refractivity contribution in [2.75, 3.05) is 13.6 Å². The number of carbonyl (C=O) groups excluding carboxylic acids is 2. The fraction of sp³-hybridized carbons (Fsp3) is 0.529.